The predicted octanol–water partition coefficient (Wildman–Crippen LogP) is 2.61. The summed E-state index contributed by atoms with van der Waals surface area (Å²) in [5.41, 5.74) is 1.09. The molecule has 1 N–H and O–H groups in total. The third-order valence-electron chi connectivity index (χ3n) is 3.46. The minimum absolute atomic E-state index is 0.0433. The highest BCUT2D eigenvalue weighted by molar-refractivity contribution is 5.86. The summed E-state index contributed by atoms with van der Waals surface area (Å²) in [5, 5.41) is 8.90. The lowest BCUT2D eigenvalue weighted by molar-refractivity contribution is -0.141. The maximum atomic E-state index is 11.9. The number of benzene rings is 1. The Labute approximate surface area is 100 Å². The zero-order valence-corrected chi connectivity index (χ0v) is 9.63. The molecule has 0 bridgehead atoms. The molecular weight excluding hydrogens is 216 g/mol. The van der Waals surface area contributed by atoms with Gasteiger partial charge in [-0.05, 0) is 24.3 Å². The molecule has 17 heavy (non-hydrogen) atoms. The van der Waals surface area contributed by atoms with E-state index < -0.39 is 5.97 Å². The van der Waals surface area contributed by atoms with Crippen LogP contribution in [-0.2, 0) is 9.59 Å². The molecule has 3 nitrogen and oxygen atoms in total. The van der Waals surface area contributed by atoms with E-state index in [9.17, 15) is 9.59 Å². The van der Waals surface area contributed by atoms with Gasteiger partial charge in [-0.1, -0.05) is 30.3 Å². The number of carbonyl (C=O) groups is 2. The Morgan fingerprint density at radius 2 is 2.00 bits per heavy atom. The smallest absolute Gasteiger partial charge is 0.304 e. The maximum absolute atomic E-state index is 11.9. The van der Waals surface area contributed by atoms with Crippen molar-refractivity contribution in [3.8, 4) is 0 Å². The van der Waals surface area contributed by atoms with Gasteiger partial charge in [-0.2, -0.15) is 0 Å². The Morgan fingerprint density at radius 3 is 2.65 bits per heavy atom. The van der Waals surface area contributed by atoms with E-state index >= 15 is 0 Å². The van der Waals surface area contributed by atoms with Crippen LogP contribution in [0.25, 0.3) is 0 Å². The molecule has 1 aromatic rings. The Hall–Kier alpha value is -1.64. The molecule has 2 rings (SSSR count). The topological polar surface area (TPSA) is 54.4 Å². The number of carbonyl (C=O) groups excluding carboxylic acids is 1. The lowest BCUT2D eigenvalue weighted by Gasteiger charge is -2.29. The van der Waals surface area contributed by atoms with Crippen LogP contribution in [0.1, 0.15) is 37.2 Å². The maximum Gasteiger partial charge on any atom is 0.304 e. The lowest BCUT2D eigenvalue weighted by atomic mass is 9.73. The van der Waals surface area contributed by atoms with Crippen LogP contribution >= 0.6 is 0 Å². The van der Waals surface area contributed by atoms with E-state index in [0.29, 0.717) is 6.42 Å². The summed E-state index contributed by atoms with van der Waals surface area (Å²) in [6, 6.07) is 9.77. The van der Waals surface area contributed by atoms with Crippen molar-refractivity contribution in [1.82, 2.24) is 0 Å². The zero-order valence-electron chi connectivity index (χ0n) is 9.63. The predicted molar refractivity (Wildman–Crippen MR) is 63.8 cm³/mol. The van der Waals surface area contributed by atoms with E-state index in [-0.39, 0.29) is 24.0 Å². The number of ketones is 1. The molecule has 1 fully saturated rings. The summed E-state index contributed by atoms with van der Waals surface area (Å²) in [5.74, 6) is -1.05. The number of rotatable bonds is 3. The highest BCUT2D eigenvalue weighted by Crippen LogP contribution is 2.37. The van der Waals surface area contributed by atoms with Crippen molar-refractivity contribution >= 4 is 11.8 Å². The number of carboxylic acid groups (broad SMARTS) is 1. The summed E-state index contributed by atoms with van der Waals surface area (Å²) in [6.07, 6.45) is 2.27. The highest BCUT2D eigenvalue weighted by atomic mass is 16.4. The molecule has 0 saturated heterocycles. The molecular formula is C14H16O3. The second-order valence-electron chi connectivity index (χ2n) is 4.58. The van der Waals surface area contributed by atoms with Gasteiger partial charge in [-0.3, -0.25) is 9.59 Å². The zero-order chi connectivity index (χ0) is 12.3. The van der Waals surface area contributed by atoms with Gasteiger partial charge < -0.3 is 5.11 Å². The van der Waals surface area contributed by atoms with E-state index in [1.54, 1.807) is 0 Å². The summed E-state index contributed by atoms with van der Waals surface area (Å²) in [6.45, 7) is 0. The van der Waals surface area contributed by atoms with Crippen molar-refractivity contribution in [2.75, 3.05) is 0 Å². The Bertz CT molecular complexity index is 411. The number of hydrogen-bond acceptors (Lipinski definition) is 2. The quantitative estimate of drug-likeness (QED) is 0.871. The number of Topliss-reactive ketones (excluding diaryl/α,β-unsaturated/α-hetero) is 1. The number of hydrogen-bond donors (Lipinski definition) is 1. The largest absolute Gasteiger partial charge is 0.481 e. The first-order valence-electron chi connectivity index (χ1n) is 5.98. The van der Waals surface area contributed by atoms with E-state index in [4.69, 9.17) is 5.11 Å². The molecule has 1 aliphatic rings. The molecule has 1 saturated carbocycles. The van der Waals surface area contributed by atoms with Crippen LogP contribution in [0, 0.1) is 5.92 Å². The SMILES string of the molecule is O=C(O)CC1C(=O)CCCC1c1ccccc1. The highest BCUT2D eigenvalue weighted by Gasteiger charge is 2.34. The molecule has 0 spiro atoms. The number of aliphatic carboxylic acids is 1. The van der Waals surface area contributed by atoms with Gasteiger partial charge in [0.25, 0.3) is 0 Å². The Balaban J connectivity index is 2.23. The first-order valence-corrected chi connectivity index (χ1v) is 5.98. The second kappa shape index (κ2) is 5.13. The first-order chi connectivity index (χ1) is 8.18. The van der Waals surface area contributed by atoms with Crippen molar-refractivity contribution < 1.29 is 14.7 Å². The monoisotopic (exact) mass is 232 g/mol. The van der Waals surface area contributed by atoms with Crippen molar-refractivity contribution in [2.45, 2.75) is 31.6 Å². The van der Waals surface area contributed by atoms with Gasteiger partial charge in [-0.15, -0.1) is 0 Å². The van der Waals surface area contributed by atoms with Crippen molar-refractivity contribution in [2.24, 2.45) is 5.92 Å². The van der Waals surface area contributed by atoms with E-state index in [0.717, 1.165) is 18.4 Å². The van der Waals surface area contributed by atoms with Gasteiger partial charge in [0, 0.05) is 12.3 Å². The Kier molecular flexibility index (Phi) is 3.57. The minimum Gasteiger partial charge on any atom is -0.481 e. The molecule has 1 aromatic carbocycles. The number of carboxylic acids is 1. The van der Waals surface area contributed by atoms with Crippen molar-refractivity contribution in [3.63, 3.8) is 0 Å². The third-order valence-corrected chi connectivity index (χ3v) is 3.46. The van der Waals surface area contributed by atoms with Gasteiger partial charge in [0.15, 0.2) is 0 Å². The van der Waals surface area contributed by atoms with Crippen LogP contribution in [0.3, 0.4) is 0 Å². The van der Waals surface area contributed by atoms with Crippen LogP contribution < -0.4 is 0 Å². The first kappa shape index (κ1) is 11.8. The van der Waals surface area contributed by atoms with Crippen LogP contribution in [0.4, 0.5) is 0 Å². The van der Waals surface area contributed by atoms with Crippen LogP contribution in [0.2, 0.25) is 0 Å². The normalized spacial score (nSPS) is 24.6. The summed E-state index contributed by atoms with van der Waals surface area (Å²) in [4.78, 5) is 22.7. The molecule has 0 aromatic heterocycles. The fourth-order valence-corrected chi connectivity index (χ4v) is 2.65. The summed E-state index contributed by atoms with van der Waals surface area (Å²) < 4.78 is 0. The average molecular weight is 232 g/mol. The van der Waals surface area contributed by atoms with Crippen LogP contribution in [-0.4, -0.2) is 16.9 Å². The summed E-state index contributed by atoms with van der Waals surface area (Å²) >= 11 is 0. The molecule has 2 unspecified atom stereocenters. The van der Waals surface area contributed by atoms with E-state index in [1.165, 1.54) is 0 Å². The van der Waals surface area contributed by atoms with Gasteiger partial charge >= 0.3 is 5.97 Å². The fraction of sp³-hybridized carbons (Fsp3) is 0.429. The second-order valence-corrected chi connectivity index (χ2v) is 4.58. The summed E-state index contributed by atoms with van der Waals surface area (Å²) in [7, 11) is 0. The lowest BCUT2D eigenvalue weighted by Crippen LogP contribution is -2.29. The molecule has 0 radical (unpaired) electrons. The van der Waals surface area contributed by atoms with Gasteiger partial charge in [0.1, 0.15) is 5.78 Å². The van der Waals surface area contributed by atoms with Gasteiger partial charge in [0.2, 0.25) is 0 Å². The van der Waals surface area contributed by atoms with Gasteiger partial charge in [-0.25, -0.2) is 0 Å². The third kappa shape index (κ3) is 2.73. The van der Waals surface area contributed by atoms with E-state index in [2.05, 4.69) is 0 Å². The van der Waals surface area contributed by atoms with Crippen molar-refractivity contribution in [3.05, 3.63) is 35.9 Å². The molecule has 0 aliphatic heterocycles. The molecule has 2 atom stereocenters. The standard InChI is InChI=1S/C14H16O3/c15-13-8-4-7-11(12(13)9-14(16)17)10-5-2-1-3-6-10/h1-3,5-6,11-12H,4,7-9H2,(H,16,17). The fourth-order valence-electron chi connectivity index (χ4n) is 2.65. The molecule has 3 heteroatoms. The Morgan fingerprint density at radius 1 is 1.29 bits per heavy atom. The average Bonchev–Trinajstić information content (AvgIpc) is 2.32. The van der Waals surface area contributed by atoms with Crippen molar-refractivity contribution in [1.29, 1.82) is 0 Å². The minimum atomic E-state index is -0.883. The molecule has 90 valence electrons. The molecule has 0 heterocycles. The van der Waals surface area contributed by atoms with E-state index in [1.807, 2.05) is 30.3 Å². The molecule has 1 aliphatic carbocycles. The molecule has 0 amide bonds. The van der Waals surface area contributed by atoms with Crippen LogP contribution in [0.15, 0.2) is 30.3 Å². The van der Waals surface area contributed by atoms with Crippen LogP contribution in [0.5, 0.6) is 0 Å². The van der Waals surface area contributed by atoms with Gasteiger partial charge in [0.05, 0.1) is 6.42 Å².